The van der Waals surface area contributed by atoms with Crippen molar-refractivity contribution in [1.29, 1.82) is 0 Å². The summed E-state index contributed by atoms with van der Waals surface area (Å²) >= 11 is 0. The molecule has 2 heterocycles. The Bertz CT molecular complexity index is 353. The molecule has 68 valence electrons. The molecule has 0 spiro atoms. The molecule has 0 radical (unpaired) electrons. The molecule has 0 unspecified atom stereocenters. The lowest BCUT2D eigenvalue weighted by Gasteiger charge is -2.16. The topological polar surface area (TPSA) is 48.4 Å². The van der Waals surface area contributed by atoms with Gasteiger partial charge in [0.2, 0.25) is 0 Å². The van der Waals surface area contributed by atoms with Gasteiger partial charge in [0.1, 0.15) is 18.9 Å². The van der Waals surface area contributed by atoms with E-state index in [4.69, 9.17) is 9.47 Å². The number of halogens is 1. The normalized spacial score (nSPS) is 13.9. The van der Waals surface area contributed by atoms with Crippen LogP contribution in [0.5, 0.6) is 11.6 Å². The molecule has 0 saturated heterocycles. The smallest absolute Gasteiger partial charge is 0.258 e. The third kappa shape index (κ3) is 1.32. The number of carbonyl (C=O) groups excluding carboxylic acids is 1. The number of aromatic nitrogens is 1. The zero-order valence-corrected chi connectivity index (χ0v) is 6.62. The molecule has 1 aliphatic rings. The molecule has 1 aliphatic heterocycles. The lowest BCUT2D eigenvalue weighted by Crippen LogP contribution is -2.17. The molecule has 0 aliphatic carbocycles. The molecule has 1 aromatic heterocycles. The molecule has 0 fully saturated rings. The SMILES string of the molecule is O=Cc1nc2c(cc1F)OCCO2. The van der Waals surface area contributed by atoms with Crippen molar-refractivity contribution in [2.75, 3.05) is 13.2 Å². The summed E-state index contributed by atoms with van der Waals surface area (Å²) < 4.78 is 23.1. The van der Waals surface area contributed by atoms with Gasteiger partial charge >= 0.3 is 0 Å². The number of ether oxygens (including phenoxy) is 2. The molecule has 2 rings (SSSR count). The van der Waals surface area contributed by atoms with Gasteiger partial charge in [0.25, 0.3) is 5.88 Å². The highest BCUT2D eigenvalue weighted by molar-refractivity contribution is 5.73. The van der Waals surface area contributed by atoms with E-state index in [9.17, 15) is 9.18 Å². The van der Waals surface area contributed by atoms with Crippen LogP contribution in [0.1, 0.15) is 10.5 Å². The Morgan fingerprint density at radius 3 is 3.00 bits per heavy atom. The average molecular weight is 183 g/mol. The fourth-order valence-corrected chi connectivity index (χ4v) is 1.05. The van der Waals surface area contributed by atoms with Gasteiger partial charge in [-0.05, 0) is 0 Å². The van der Waals surface area contributed by atoms with E-state index in [0.717, 1.165) is 6.07 Å². The summed E-state index contributed by atoms with van der Waals surface area (Å²) in [6, 6.07) is 1.10. The molecule has 1 aromatic rings. The first-order chi connectivity index (χ1) is 6.31. The minimum Gasteiger partial charge on any atom is -0.484 e. The lowest BCUT2D eigenvalue weighted by molar-refractivity contribution is 0.111. The van der Waals surface area contributed by atoms with Crippen molar-refractivity contribution in [3.05, 3.63) is 17.6 Å². The van der Waals surface area contributed by atoms with Crippen LogP contribution in [-0.2, 0) is 0 Å². The Morgan fingerprint density at radius 1 is 1.46 bits per heavy atom. The van der Waals surface area contributed by atoms with E-state index in [0.29, 0.717) is 19.5 Å². The minimum absolute atomic E-state index is 0.176. The molecule has 0 aromatic carbocycles. The fraction of sp³-hybridized carbons (Fsp3) is 0.250. The van der Waals surface area contributed by atoms with E-state index >= 15 is 0 Å². The van der Waals surface area contributed by atoms with Gasteiger partial charge in [0.05, 0.1) is 0 Å². The van der Waals surface area contributed by atoms with Crippen molar-refractivity contribution >= 4 is 6.29 Å². The average Bonchev–Trinajstić information content (AvgIpc) is 2.17. The zero-order valence-electron chi connectivity index (χ0n) is 6.62. The van der Waals surface area contributed by atoms with Crippen molar-refractivity contribution in [2.45, 2.75) is 0 Å². The van der Waals surface area contributed by atoms with Crippen molar-refractivity contribution in [3.63, 3.8) is 0 Å². The largest absolute Gasteiger partial charge is 0.484 e. The summed E-state index contributed by atoms with van der Waals surface area (Å²) in [6.07, 6.45) is 0.341. The maximum absolute atomic E-state index is 12.9. The first kappa shape index (κ1) is 7.97. The number of fused-ring (bicyclic) bond motifs is 1. The molecular weight excluding hydrogens is 177 g/mol. The van der Waals surface area contributed by atoms with Crippen molar-refractivity contribution < 1.29 is 18.7 Å². The second-order valence-electron chi connectivity index (χ2n) is 2.47. The van der Waals surface area contributed by atoms with Gasteiger partial charge in [0, 0.05) is 6.07 Å². The predicted octanol–water partition coefficient (Wildman–Crippen LogP) is 0.804. The molecule has 0 atom stereocenters. The number of aldehydes is 1. The van der Waals surface area contributed by atoms with Crippen LogP contribution < -0.4 is 9.47 Å². The molecular formula is C8H6FNO3. The number of hydrogen-bond donors (Lipinski definition) is 0. The van der Waals surface area contributed by atoms with E-state index in [-0.39, 0.29) is 17.3 Å². The standard InChI is InChI=1S/C8H6FNO3/c9-5-3-7-8(10-6(5)4-11)13-2-1-12-7/h3-4H,1-2H2. The summed E-state index contributed by atoms with van der Waals surface area (Å²) in [4.78, 5) is 14.0. The van der Waals surface area contributed by atoms with Gasteiger partial charge in [0.15, 0.2) is 17.9 Å². The highest BCUT2D eigenvalue weighted by atomic mass is 19.1. The van der Waals surface area contributed by atoms with E-state index < -0.39 is 5.82 Å². The highest BCUT2D eigenvalue weighted by Gasteiger charge is 2.16. The van der Waals surface area contributed by atoms with Crippen LogP contribution in [0, 0.1) is 5.82 Å². The third-order valence-electron chi connectivity index (χ3n) is 1.63. The Balaban J connectivity index is 2.50. The molecule has 4 nitrogen and oxygen atoms in total. The van der Waals surface area contributed by atoms with Crippen molar-refractivity contribution in [1.82, 2.24) is 4.98 Å². The first-order valence-electron chi connectivity index (χ1n) is 3.72. The molecule has 0 bridgehead atoms. The van der Waals surface area contributed by atoms with Crippen LogP contribution >= 0.6 is 0 Å². The highest BCUT2D eigenvalue weighted by Crippen LogP contribution is 2.28. The molecule has 5 heteroatoms. The zero-order chi connectivity index (χ0) is 9.26. The van der Waals surface area contributed by atoms with Crippen LogP contribution in [0.4, 0.5) is 4.39 Å². The summed E-state index contributed by atoms with van der Waals surface area (Å²) in [5, 5.41) is 0. The molecule has 0 amide bonds. The van der Waals surface area contributed by atoms with Crippen LogP contribution in [0.25, 0.3) is 0 Å². The van der Waals surface area contributed by atoms with E-state index in [2.05, 4.69) is 4.98 Å². The number of carbonyl (C=O) groups is 1. The summed E-state index contributed by atoms with van der Waals surface area (Å²) in [5.74, 6) is -0.275. The molecule has 0 saturated carbocycles. The van der Waals surface area contributed by atoms with Crippen LogP contribution in [0.15, 0.2) is 6.07 Å². The Labute approximate surface area is 73.3 Å². The molecule has 13 heavy (non-hydrogen) atoms. The number of hydrogen-bond acceptors (Lipinski definition) is 4. The first-order valence-corrected chi connectivity index (χ1v) is 3.72. The Kier molecular flexibility index (Phi) is 1.84. The second-order valence-corrected chi connectivity index (χ2v) is 2.47. The fourth-order valence-electron chi connectivity index (χ4n) is 1.05. The van der Waals surface area contributed by atoms with Gasteiger partial charge < -0.3 is 9.47 Å². The second kappa shape index (κ2) is 3.01. The summed E-state index contributed by atoms with van der Waals surface area (Å²) in [7, 11) is 0. The predicted molar refractivity (Wildman–Crippen MR) is 40.6 cm³/mol. The third-order valence-corrected chi connectivity index (χ3v) is 1.63. The van der Waals surface area contributed by atoms with Gasteiger partial charge in [-0.1, -0.05) is 0 Å². The van der Waals surface area contributed by atoms with Crippen LogP contribution in [0.2, 0.25) is 0 Å². The number of pyridine rings is 1. The lowest BCUT2D eigenvalue weighted by atomic mass is 10.3. The molecule has 0 N–H and O–H groups in total. The number of nitrogens with zero attached hydrogens (tertiary/aromatic N) is 1. The van der Waals surface area contributed by atoms with Crippen LogP contribution in [0.3, 0.4) is 0 Å². The number of rotatable bonds is 1. The Morgan fingerprint density at radius 2 is 2.23 bits per heavy atom. The van der Waals surface area contributed by atoms with E-state index in [1.807, 2.05) is 0 Å². The van der Waals surface area contributed by atoms with E-state index in [1.165, 1.54) is 0 Å². The van der Waals surface area contributed by atoms with E-state index in [1.54, 1.807) is 0 Å². The van der Waals surface area contributed by atoms with Crippen LogP contribution in [-0.4, -0.2) is 24.5 Å². The monoisotopic (exact) mass is 183 g/mol. The summed E-state index contributed by atoms with van der Waals surface area (Å²) in [6.45, 7) is 0.735. The maximum Gasteiger partial charge on any atom is 0.258 e. The minimum atomic E-state index is -0.695. The summed E-state index contributed by atoms with van der Waals surface area (Å²) in [5.41, 5.74) is -0.260. The van der Waals surface area contributed by atoms with Gasteiger partial charge in [-0.2, -0.15) is 0 Å². The van der Waals surface area contributed by atoms with Gasteiger partial charge in [-0.3, -0.25) is 4.79 Å². The Hall–Kier alpha value is -1.65. The maximum atomic E-state index is 12.9. The van der Waals surface area contributed by atoms with Crippen molar-refractivity contribution in [3.8, 4) is 11.6 Å². The van der Waals surface area contributed by atoms with Gasteiger partial charge in [-0.25, -0.2) is 9.37 Å². The quantitative estimate of drug-likeness (QED) is 0.604. The van der Waals surface area contributed by atoms with Crippen molar-refractivity contribution in [2.24, 2.45) is 0 Å². The van der Waals surface area contributed by atoms with Gasteiger partial charge in [-0.15, -0.1) is 0 Å².